The Labute approximate surface area is 410 Å². The minimum atomic E-state index is -3.07. The zero-order valence-corrected chi connectivity index (χ0v) is 39.6. The van der Waals surface area contributed by atoms with E-state index in [1.54, 1.807) is 0 Å². The highest BCUT2D eigenvalue weighted by atomic mass is 28.3. The molecule has 70 heavy (non-hydrogen) atoms. The predicted octanol–water partition coefficient (Wildman–Crippen LogP) is 13.2. The first-order valence-corrected chi connectivity index (χ1v) is 26.5. The molecule has 12 aromatic rings. The molecule has 2 heteroatoms. The van der Waals surface area contributed by atoms with Crippen LogP contribution in [0.15, 0.2) is 285 Å². The maximum atomic E-state index is 2.63. The highest BCUT2D eigenvalue weighted by molar-refractivity contribution is 7.20. The first-order valence-electron chi connectivity index (χ1n) is 24.5. The smallest absolute Gasteiger partial charge is 0.179 e. The van der Waals surface area contributed by atoms with E-state index in [-0.39, 0.29) is 0 Å². The molecule has 2 heterocycles. The van der Waals surface area contributed by atoms with Crippen molar-refractivity contribution in [2.45, 2.75) is 10.8 Å². The summed E-state index contributed by atoms with van der Waals surface area (Å²) in [5.74, 6) is 0. The molecule has 1 aliphatic carbocycles. The first-order chi connectivity index (χ1) is 34.7. The van der Waals surface area contributed by atoms with Crippen LogP contribution in [-0.4, -0.2) is 12.6 Å². The molecule has 0 atom stereocenters. The molecule has 14 rings (SSSR count). The maximum absolute atomic E-state index is 3.07. The van der Waals surface area contributed by atoms with Crippen LogP contribution in [0.2, 0.25) is 0 Å². The molecule has 0 saturated carbocycles. The Hall–Kier alpha value is -8.56. The van der Waals surface area contributed by atoms with Crippen molar-refractivity contribution < 1.29 is 0 Å². The monoisotopic (exact) mass is 905 g/mol. The molecule has 0 N–H and O–H groups in total. The molecule has 1 nitrogen and oxygen atoms in total. The number of aromatic nitrogens is 1. The van der Waals surface area contributed by atoms with Gasteiger partial charge in [0.25, 0.3) is 0 Å². The lowest BCUT2D eigenvalue weighted by molar-refractivity contribution is 0.610. The third kappa shape index (κ3) is 5.42. The molecule has 1 spiro atoms. The molecule has 0 bridgehead atoms. The summed E-state index contributed by atoms with van der Waals surface area (Å²) in [5.41, 5.74) is 15.2. The Bertz CT molecular complexity index is 3800. The predicted molar refractivity (Wildman–Crippen MR) is 294 cm³/mol. The Morgan fingerprint density at radius 3 is 1.30 bits per heavy atom. The van der Waals surface area contributed by atoms with Crippen molar-refractivity contribution in [2.75, 3.05) is 0 Å². The van der Waals surface area contributed by atoms with E-state index in [0.29, 0.717) is 0 Å². The highest BCUT2D eigenvalue weighted by Gasteiger charge is 2.56. The van der Waals surface area contributed by atoms with Gasteiger partial charge in [-0.05, 0) is 88.5 Å². The summed E-state index contributed by atoms with van der Waals surface area (Å²) in [4.78, 5) is 0. The number of nitrogens with zero attached hydrogens (tertiary/aromatic N) is 1. The molecule has 0 saturated heterocycles. The molecule has 0 unspecified atom stereocenters. The van der Waals surface area contributed by atoms with Crippen molar-refractivity contribution in [1.82, 2.24) is 4.57 Å². The largest absolute Gasteiger partial charge is 0.309 e. The van der Waals surface area contributed by atoms with Gasteiger partial charge >= 0.3 is 0 Å². The van der Waals surface area contributed by atoms with Gasteiger partial charge in [0, 0.05) is 10.8 Å². The van der Waals surface area contributed by atoms with E-state index in [4.69, 9.17) is 0 Å². The third-order valence-corrected chi connectivity index (χ3v) is 20.6. The van der Waals surface area contributed by atoms with Gasteiger partial charge in [0.05, 0.1) is 27.6 Å². The topological polar surface area (TPSA) is 4.93 Å². The fourth-order valence-electron chi connectivity index (χ4n) is 13.2. The highest BCUT2D eigenvalue weighted by Crippen LogP contribution is 2.63. The van der Waals surface area contributed by atoms with E-state index in [2.05, 4.69) is 290 Å². The quantitative estimate of drug-likeness (QED) is 0.111. The minimum absolute atomic E-state index is 0.592. The van der Waals surface area contributed by atoms with Crippen LogP contribution in [0, 0.1) is 0 Å². The summed E-state index contributed by atoms with van der Waals surface area (Å²) in [6, 6.07) is 108. The fraction of sp³-hybridized carbons (Fsp3) is 0.0294. The average Bonchev–Trinajstić information content (AvgIpc) is 3.79. The second-order valence-corrected chi connectivity index (χ2v) is 22.8. The third-order valence-electron chi connectivity index (χ3n) is 15.9. The second kappa shape index (κ2) is 15.7. The van der Waals surface area contributed by atoms with Crippen molar-refractivity contribution in [3.05, 3.63) is 330 Å². The molecular formula is C68H47NSi. The van der Waals surface area contributed by atoms with Crippen LogP contribution in [0.25, 0.3) is 38.6 Å². The zero-order valence-electron chi connectivity index (χ0n) is 38.6. The van der Waals surface area contributed by atoms with Crippen LogP contribution in [0.5, 0.6) is 0 Å². The fourth-order valence-corrected chi connectivity index (χ4v) is 18.0. The number of para-hydroxylation sites is 2. The lowest BCUT2D eigenvalue weighted by atomic mass is 9.50. The zero-order chi connectivity index (χ0) is 46.3. The van der Waals surface area contributed by atoms with Gasteiger partial charge in [-0.2, -0.15) is 0 Å². The Kier molecular flexibility index (Phi) is 9.11. The van der Waals surface area contributed by atoms with Gasteiger partial charge in [-0.25, -0.2) is 0 Å². The van der Waals surface area contributed by atoms with E-state index in [9.17, 15) is 0 Å². The number of fused-ring (bicyclic) bond motifs is 11. The summed E-state index contributed by atoms with van der Waals surface area (Å²) in [6.07, 6.45) is 0. The average molecular weight is 906 g/mol. The standard InChI is InChI=1S/C68H47NSi/c1-6-24-48(25-7-1)49-26-22-35-54(46-49)70(52-31-12-4-13-32-52,53-33-14-5-15-34-53)55-44-45-62-65(47-55)69-64-43-21-16-36-56(64)57-37-23-42-63(66(57)69)68(62)60-40-19-17-38-58(60)67(50-27-8-2-9-28-50,51-29-10-3-11-30-51)59-39-18-20-41-61(59)68/h1-47H. The van der Waals surface area contributed by atoms with E-state index in [0.717, 1.165) is 0 Å². The van der Waals surface area contributed by atoms with Gasteiger partial charge in [0.15, 0.2) is 8.07 Å². The summed E-state index contributed by atoms with van der Waals surface area (Å²) < 4.78 is 2.63. The molecule has 0 fully saturated rings. The van der Waals surface area contributed by atoms with Crippen LogP contribution < -0.4 is 20.7 Å². The maximum Gasteiger partial charge on any atom is 0.179 e. The van der Waals surface area contributed by atoms with Gasteiger partial charge in [-0.15, -0.1) is 0 Å². The van der Waals surface area contributed by atoms with Crippen LogP contribution in [0.1, 0.15) is 44.5 Å². The normalized spacial score (nSPS) is 13.9. The van der Waals surface area contributed by atoms with Crippen LogP contribution in [0.3, 0.4) is 0 Å². The molecule has 328 valence electrons. The summed E-state index contributed by atoms with van der Waals surface area (Å²) in [6.45, 7) is 0. The van der Waals surface area contributed by atoms with Gasteiger partial charge < -0.3 is 4.57 Å². The molecular weight excluding hydrogens is 859 g/mol. The van der Waals surface area contributed by atoms with Crippen molar-refractivity contribution >= 4 is 50.6 Å². The van der Waals surface area contributed by atoms with Crippen molar-refractivity contribution in [3.8, 4) is 16.8 Å². The molecule has 1 aromatic heterocycles. The molecule has 2 aliphatic rings. The number of benzene rings is 11. The SMILES string of the molecule is c1ccc(-c2cccc([Si](c3ccccc3)(c3ccccc3)c3ccc4c(c3)-n3c5ccccc5c5cccc(c53)C43c4ccccc4C(c4ccccc4)(c4ccccc4)c4ccccc43)c2)cc1. The second-order valence-electron chi connectivity index (χ2n) is 19.0. The Morgan fingerprint density at radius 1 is 0.271 bits per heavy atom. The summed E-state index contributed by atoms with van der Waals surface area (Å²) in [7, 11) is -3.07. The van der Waals surface area contributed by atoms with E-state index < -0.39 is 18.9 Å². The van der Waals surface area contributed by atoms with Gasteiger partial charge in [-0.3, -0.25) is 0 Å². The number of hydrogen-bond donors (Lipinski definition) is 0. The lowest BCUT2D eigenvalue weighted by Gasteiger charge is -2.52. The molecule has 0 radical (unpaired) electrons. The lowest BCUT2D eigenvalue weighted by Crippen LogP contribution is -2.74. The van der Waals surface area contributed by atoms with Crippen molar-refractivity contribution in [1.29, 1.82) is 0 Å². The van der Waals surface area contributed by atoms with Gasteiger partial charge in [-0.1, -0.05) is 273 Å². The molecule has 0 amide bonds. The van der Waals surface area contributed by atoms with Crippen LogP contribution >= 0.6 is 0 Å². The minimum Gasteiger partial charge on any atom is -0.309 e. The van der Waals surface area contributed by atoms with Crippen LogP contribution in [-0.2, 0) is 10.8 Å². The van der Waals surface area contributed by atoms with Crippen molar-refractivity contribution in [2.24, 2.45) is 0 Å². The van der Waals surface area contributed by atoms with E-state index in [1.807, 2.05) is 0 Å². The van der Waals surface area contributed by atoms with E-state index in [1.165, 1.54) is 104 Å². The number of hydrogen-bond acceptors (Lipinski definition) is 0. The van der Waals surface area contributed by atoms with Gasteiger partial charge in [0.2, 0.25) is 0 Å². The van der Waals surface area contributed by atoms with E-state index >= 15 is 0 Å². The Morgan fingerprint density at radius 2 is 0.700 bits per heavy atom. The summed E-state index contributed by atoms with van der Waals surface area (Å²) >= 11 is 0. The van der Waals surface area contributed by atoms with Crippen molar-refractivity contribution in [3.63, 3.8) is 0 Å². The summed E-state index contributed by atoms with van der Waals surface area (Å²) in [5, 5.41) is 7.93. The van der Waals surface area contributed by atoms with Crippen LogP contribution in [0.4, 0.5) is 0 Å². The van der Waals surface area contributed by atoms with Gasteiger partial charge in [0.1, 0.15) is 0 Å². The number of rotatable bonds is 7. The first kappa shape index (κ1) is 40.5. The molecule has 11 aromatic carbocycles. The Balaban J connectivity index is 1.16. The molecule has 1 aliphatic heterocycles.